The van der Waals surface area contributed by atoms with E-state index in [4.69, 9.17) is 5.73 Å². The van der Waals surface area contributed by atoms with Crippen molar-refractivity contribution in [3.05, 3.63) is 0 Å². The van der Waals surface area contributed by atoms with Crippen molar-refractivity contribution in [2.75, 3.05) is 13.1 Å². The molecule has 0 heterocycles. The molecule has 0 unspecified atom stereocenters. The van der Waals surface area contributed by atoms with Crippen LogP contribution < -0.4 is 11.1 Å². The minimum atomic E-state index is 0.339. The van der Waals surface area contributed by atoms with Gasteiger partial charge < -0.3 is 11.1 Å². The molecule has 0 bridgehead atoms. The molecular weight excluding hydrogens is 160 g/mol. The Bertz CT molecular complexity index is 149. The van der Waals surface area contributed by atoms with E-state index in [1.807, 2.05) is 0 Å². The summed E-state index contributed by atoms with van der Waals surface area (Å²) in [6.07, 6.45) is 5.04. The number of hydrogen-bond donors (Lipinski definition) is 2. The molecule has 0 amide bonds. The predicted molar refractivity (Wildman–Crippen MR) is 57.7 cm³/mol. The standard InChI is InChI=1S/C11H24N2/c1-4-11(5-2,8-12)9-13-10(3)6-7-10/h13H,4-9,12H2,1-3H3. The summed E-state index contributed by atoms with van der Waals surface area (Å²) >= 11 is 0. The lowest BCUT2D eigenvalue weighted by Gasteiger charge is -2.32. The average molecular weight is 184 g/mol. The molecule has 0 aromatic carbocycles. The molecule has 1 fully saturated rings. The summed E-state index contributed by atoms with van der Waals surface area (Å²) in [5, 5.41) is 3.65. The van der Waals surface area contributed by atoms with Crippen molar-refractivity contribution in [2.45, 2.75) is 52.0 Å². The van der Waals surface area contributed by atoms with Crippen LogP contribution >= 0.6 is 0 Å². The molecule has 0 aliphatic heterocycles. The third-order valence-electron chi connectivity index (χ3n) is 3.82. The highest BCUT2D eigenvalue weighted by Gasteiger charge is 2.38. The molecule has 0 aromatic rings. The van der Waals surface area contributed by atoms with E-state index in [2.05, 4.69) is 26.1 Å². The van der Waals surface area contributed by atoms with Crippen LogP contribution in [0.5, 0.6) is 0 Å². The fourth-order valence-corrected chi connectivity index (χ4v) is 1.63. The fraction of sp³-hybridized carbons (Fsp3) is 1.00. The topological polar surface area (TPSA) is 38.0 Å². The maximum atomic E-state index is 5.84. The van der Waals surface area contributed by atoms with Crippen molar-refractivity contribution in [2.24, 2.45) is 11.1 Å². The van der Waals surface area contributed by atoms with Gasteiger partial charge >= 0.3 is 0 Å². The lowest BCUT2D eigenvalue weighted by Crippen LogP contribution is -2.43. The van der Waals surface area contributed by atoms with Crippen molar-refractivity contribution >= 4 is 0 Å². The zero-order chi connectivity index (χ0) is 9.95. The van der Waals surface area contributed by atoms with Gasteiger partial charge in [0.2, 0.25) is 0 Å². The zero-order valence-electron chi connectivity index (χ0n) is 9.32. The third kappa shape index (κ3) is 2.68. The quantitative estimate of drug-likeness (QED) is 0.661. The van der Waals surface area contributed by atoms with Gasteiger partial charge in [-0.3, -0.25) is 0 Å². The van der Waals surface area contributed by atoms with Crippen molar-refractivity contribution in [1.82, 2.24) is 5.32 Å². The van der Waals surface area contributed by atoms with Gasteiger partial charge in [-0.25, -0.2) is 0 Å². The Balaban J connectivity index is 2.37. The minimum Gasteiger partial charge on any atom is -0.330 e. The van der Waals surface area contributed by atoms with E-state index in [-0.39, 0.29) is 0 Å². The average Bonchev–Trinajstić information content (AvgIpc) is 2.88. The lowest BCUT2D eigenvalue weighted by molar-refractivity contribution is 0.246. The number of nitrogens with two attached hydrogens (primary N) is 1. The van der Waals surface area contributed by atoms with Crippen LogP contribution in [0.15, 0.2) is 0 Å². The molecule has 0 aromatic heterocycles. The fourth-order valence-electron chi connectivity index (χ4n) is 1.63. The van der Waals surface area contributed by atoms with Gasteiger partial charge in [-0.1, -0.05) is 13.8 Å². The summed E-state index contributed by atoms with van der Waals surface area (Å²) in [6, 6.07) is 0. The molecule has 0 saturated heterocycles. The molecule has 13 heavy (non-hydrogen) atoms. The SMILES string of the molecule is CCC(CC)(CN)CNC1(C)CC1. The molecule has 1 aliphatic rings. The molecule has 0 spiro atoms. The van der Waals surface area contributed by atoms with Crippen LogP contribution in [-0.4, -0.2) is 18.6 Å². The van der Waals surface area contributed by atoms with Crippen molar-refractivity contribution in [3.63, 3.8) is 0 Å². The van der Waals surface area contributed by atoms with Gasteiger partial charge in [0.25, 0.3) is 0 Å². The Hall–Kier alpha value is -0.0800. The molecule has 1 saturated carbocycles. The summed E-state index contributed by atoms with van der Waals surface area (Å²) in [6.45, 7) is 8.69. The summed E-state index contributed by atoms with van der Waals surface area (Å²) in [4.78, 5) is 0. The van der Waals surface area contributed by atoms with Crippen LogP contribution in [0.3, 0.4) is 0 Å². The van der Waals surface area contributed by atoms with Crippen LogP contribution in [0.4, 0.5) is 0 Å². The van der Waals surface area contributed by atoms with Crippen molar-refractivity contribution < 1.29 is 0 Å². The maximum absolute atomic E-state index is 5.84. The van der Waals surface area contributed by atoms with E-state index < -0.39 is 0 Å². The Morgan fingerprint density at radius 1 is 1.31 bits per heavy atom. The normalized spacial score (nSPS) is 20.3. The summed E-state index contributed by atoms with van der Waals surface area (Å²) in [5.74, 6) is 0. The molecule has 78 valence electrons. The second-order valence-electron chi connectivity index (χ2n) is 4.83. The van der Waals surface area contributed by atoms with Crippen LogP contribution in [0, 0.1) is 5.41 Å². The van der Waals surface area contributed by atoms with E-state index in [1.165, 1.54) is 25.7 Å². The van der Waals surface area contributed by atoms with Crippen LogP contribution in [0.25, 0.3) is 0 Å². The Morgan fingerprint density at radius 2 is 1.85 bits per heavy atom. The number of nitrogens with one attached hydrogen (secondary N) is 1. The van der Waals surface area contributed by atoms with Crippen LogP contribution in [0.1, 0.15) is 46.5 Å². The third-order valence-corrected chi connectivity index (χ3v) is 3.82. The number of rotatable bonds is 6. The van der Waals surface area contributed by atoms with Gasteiger partial charge in [0.05, 0.1) is 0 Å². The van der Waals surface area contributed by atoms with E-state index in [9.17, 15) is 0 Å². The monoisotopic (exact) mass is 184 g/mol. The van der Waals surface area contributed by atoms with Gasteiger partial charge in [-0.05, 0) is 44.6 Å². The Kier molecular flexibility index (Phi) is 3.36. The van der Waals surface area contributed by atoms with E-state index >= 15 is 0 Å². The largest absolute Gasteiger partial charge is 0.330 e. The van der Waals surface area contributed by atoms with E-state index in [0.29, 0.717) is 11.0 Å². The van der Waals surface area contributed by atoms with Crippen molar-refractivity contribution in [1.29, 1.82) is 0 Å². The highest BCUT2D eigenvalue weighted by Crippen LogP contribution is 2.36. The molecule has 0 atom stereocenters. The van der Waals surface area contributed by atoms with E-state index in [1.54, 1.807) is 0 Å². The van der Waals surface area contributed by atoms with Gasteiger partial charge in [-0.2, -0.15) is 0 Å². The first-order chi connectivity index (χ1) is 6.10. The van der Waals surface area contributed by atoms with Gasteiger partial charge in [-0.15, -0.1) is 0 Å². The van der Waals surface area contributed by atoms with Crippen molar-refractivity contribution in [3.8, 4) is 0 Å². The summed E-state index contributed by atoms with van der Waals surface area (Å²) in [7, 11) is 0. The van der Waals surface area contributed by atoms with Crippen LogP contribution in [0.2, 0.25) is 0 Å². The Morgan fingerprint density at radius 3 is 2.15 bits per heavy atom. The lowest BCUT2D eigenvalue weighted by atomic mass is 9.82. The number of hydrogen-bond acceptors (Lipinski definition) is 2. The molecule has 0 radical (unpaired) electrons. The molecular formula is C11H24N2. The predicted octanol–water partition coefficient (Wildman–Crippen LogP) is 1.89. The minimum absolute atomic E-state index is 0.339. The summed E-state index contributed by atoms with van der Waals surface area (Å²) in [5.41, 5.74) is 6.63. The maximum Gasteiger partial charge on any atom is 0.0154 e. The highest BCUT2D eigenvalue weighted by molar-refractivity contribution is 4.99. The first-order valence-corrected chi connectivity index (χ1v) is 5.55. The first-order valence-electron chi connectivity index (χ1n) is 5.55. The van der Waals surface area contributed by atoms with E-state index in [0.717, 1.165) is 13.1 Å². The summed E-state index contributed by atoms with van der Waals surface area (Å²) < 4.78 is 0. The second kappa shape index (κ2) is 3.97. The first kappa shape index (κ1) is 11.0. The molecule has 3 N–H and O–H groups in total. The highest BCUT2D eigenvalue weighted by atomic mass is 15.0. The van der Waals surface area contributed by atoms with Gasteiger partial charge in [0.15, 0.2) is 0 Å². The molecule has 2 heteroatoms. The Labute approximate surface area is 82.3 Å². The molecule has 1 aliphatic carbocycles. The zero-order valence-corrected chi connectivity index (χ0v) is 9.32. The van der Waals surface area contributed by atoms with Crippen LogP contribution in [-0.2, 0) is 0 Å². The molecule has 2 nitrogen and oxygen atoms in total. The smallest absolute Gasteiger partial charge is 0.0154 e. The second-order valence-corrected chi connectivity index (χ2v) is 4.83. The molecule has 1 rings (SSSR count). The van der Waals surface area contributed by atoms with Gasteiger partial charge in [0, 0.05) is 12.1 Å². The van der Waals surface area contributed by atoms with Gasteiger partial charge in [0.1, 0.15) is 0 Å².